The van der Waals surface area contributed by atoms with Gasteiger partial charge in [-0.2, -0.15) is 0 Å². The van der Waals surface area contributed by atoms with E-state index in [-0.39, 0.29) is 5.82 Å². The van der Waals surface area contributed by atoms with E-state index >= 15 is 0 Å². The molecule has 0 saturated heterocycles. The van der Waals surface area contributed by atoms with Gasteiger partial charge in [0.25, 0.3) is 0 Å². The predicted octanol–water partition coefficient (Wildman–Crippen LogP) is 4.95. The maximum Gasteiger partial charge on any atom is 0.138 e. The molecule has 128 valence electrons. The summed E-state index contributed by atoms with van der Waals surface area (Å²) in [5, 5.41) is 0. The molecule has 2 aromatic heterocycles. The number of benzene rings is 2. The second kappa shape index (κ2) is 6.80. The van der Waals surface area contributed by atoms with Gasteiger partial charge in [-0.05, 0) is 60.7 Å². The summed E-state index contributed by atoms with van der Waals surface area (Å²) in [5.41, 5.74) is 4.28. The number of nitrogens with one attached hydrogen (secondary N) is 1. The van der Waals surface area contributed by atoms with E-state index in [1.165, 1.54) is 12.1 Å². The zero-order valence-electron chi connectivity index (χ0n) is 14.1. The fourth-order valence-electron chi connectivity index (χ4n) is 2.80. The molecule has 0 fully saturated rings. The lowest BCUT2D eigenvalue weighted by molar-refractivity contribution is 0.415. The van der Waals surface area contributed by atoms with Crippen LogP contribution in [-0.4, -0.2) is 22.1 Å². The molecule has 1 N–H and O–H groups in total. The normalized spacial score (nSPS) is 10.7. The van der Waals surface area contributed by atoms with Gasteiger partial charge < -0.3 is 9.72 Å². The molecule has 0 aliphatic carbocycles. The molecule has 5 heteroatoms. The van der Waals surface area contributed by atoms with Crippen molar-refractivity contribution in [3.05, 3.63) is 78.9 Å². The molecule has 0 bridgehead atoms. The van der Waals surface area contributed by atoms with Crippen LogP contribution in [0, 0.1) is 5.82 Å². The summed E-state index contributed by atoms with van der Waals surface area (Å²) in [6.45, 7) is 0. The van der Waals surface area contributed by atoms with Gasteiger partial charge in [0.1, 0.15) is 17.4 Å². The fourth-order valence-corrected chi connectivity index (χ4v) is 2.80. The van der Waals surface area contributed by atoms with E-state index in [9.17, 15) is 4.39 Å². The van der Waals surface area contributed by atoms with Crippen LogP contribution < -0.4 is 4.74 Å². The molecule has 0 spiro atoms. The minimum atomic E-state index is -0.272. The molecule has 2 aromatic carbocycles. The molecule has 2 heterocycles. The topological polar surface area (TPSA) is 50.8 Å². The van der Waals surface area contributed by atoms with Crippen molar-refractivity contribution in [3.8, 4) is 39.7 Å². The summed E-state index contributed by atoms with van der Waals surface area (Å²) >= 11 is 0. The SMILES string of the molecule is COc1ccc(-c2nc(-c3cccnc3)c(-c3ccc(F)cc3)[nH]2)cc1. The number of aromatic amines is 1. The molecule has 0 radical (unpaired) electrons. The number of aromatic nitrogens is 3. The van der Waals surface area contributed by atoms with Gasteiger partial charge in [0, 0.05) is 29.1 Å². The van der Waals surface area contributed by atoms with Crippen LogP contribution in [0.4, 0.5) is 4.39 Å². The van der Waals surface area contributed by atoms with Gasteiger partial charge in [-0.1, -0.05) is 0 Å². The molecular formula is C21H16FN3O. The molecule has 0 aliphatic heterocycles. The number of hydrogen-bond acceptors (Lipinski definition) is 3. The van der Waals surface area contributed by atoms with Crippen LogP contribution in [0.2, 0.25) is 0 Å². The zero-order chi connectivity index (χ0) is 17.9. The Morgan fingerprint density at radius 3 is 2.27 bits per heavy atom. The van der Waals surface area contributed by atoms with Crippen molar-refractivity contribution in [2.45, 2.75) is 0 Å². The molecule has 26 heavy (non-hydrogen) atoms. The van der Waals surface area contributed by atoms with Crippen molar-refractivity contribution in [3.63, 3.8) is 0 Å². The Morgan fingerprint density at radius 1 is 0.885 bits per heavy atom. The number of hydrogen-bond donors (Lipinski definition) is 1. The van der Waals surface area contributed by atoms with Gasteiger partial charge in [0.15, 0.2) is 0 Å². The van der Waals surface area contributed by atoms with Gasteiger partial charge in [0.05, 0.1) is 18.5 Å². The van der Waals surface area contributed by atoms with Gasteiger partial charge in [-0.25, -0.2) is 9.37 Å². The molecule has 0 atom stereocenters. The summed E-state index contributed by atoms with van der Waals surface area (Å²) in [6, 6.07) is 17.8. The molecule has 4 nitrogen and oxygen atoms in total. The Morgan fingerprint density at radius 2 is 1.62 bits per heavy atom. The zero-order valence-corrected chi connectivity index (χ0v) is 14.1. The monoisotopic (exact) mass is 345 g/mol. The smallest absolute Gasteiger partial charge is 0.138 e. The Balaban J connectivity index is 1.85. The second-order valence-corrected chi connectivity index (χ2v) is 5.79. The van der Waals surface area contributed by atoms with Gasteiger partial charge in [-0.3, -0.25) is 4.98 Å². The van der Waals surface area contributed by atoms with Crippen molar-refractivity contribution in [2.24, 2.45) is 0 Å². The van der Waals surface area contributed by atoms with Crippen LogP contribution in [0.15, 0.2) is 73.1 Å². The third kappa shape index (κ3) is 3.07. The van der Waals surface area contributed by atoms with Crippen molar-refractivity contribution in [2.75, 3.05) is 7.11 Å². The molecule has 4 aromatic rings. The van der Waals surface area contributed by atoms with E-state index in [0.29, 0.717) is 0 Å². The van der Waals surface area contributed by atoms with Crippen molar-refractivity contribution >= 4 is 0 Å². The maximum atomic E-state index is 13.3. The molecule has 0 aliphatic rings. The summed E-state index contributed by atoms with van der Waals surface area (Å²) in [6.07, 6.45) is 3.49. The Labute approximate surface area is 150 Å². The van der Waals surface area contributed by atoms with E-state index in [1.807, 2.05) is 36.4 Å². The number of rotatable bonds is 4. The highest BCUT2D eigenvalue weighted by Crippen LogP contribution is 2.33. The quantitative estimate of drug-likeness (QED) is 0.569. The van der Waals surface area contributed by atoms with Crippen molar-refractivity contribution < 1.29 is 9.13 Å². The summed E-state index contributed by atoms with van der Waals surface area (Å²) in [7, 11) is 1.63. The molecular weight excluding hydrogens is 329 g/mol. The van der Waals surface area contributed by atoms with Crippen LogP contribution in [0.1, 0.15) is 0 Å². The number of nitrogens with zero attached hydrogens (tertiary/aromatic N) is 2. The van der Waals surface area contributed by atoms with Gasteiger partial charge >= 0.3 is 0 Å². The Kier molecular flexibility index (Phi) is 4.19. The number of ether oxygens (including phenoxy) is 1. The van der Waals surface area contributed by atoms with Crippen LogP contribution in [0.5, 0.6) is 5.75 Å². The summed E-state index contributed by atoms with van der Waals surface area (Å²) in [4.78, 5) is 12.3. The highest BCUT2D eigenvalue weighted by molar-refractivity contribution is 5.80. The average molecular weight is 345 g/mol. The van der Waals surface area contributed by atoms with Crippen LogP contribution in [0.3, 0.4) is 0 Å². The first-order valence-corrected chi connectivity index (χ1v) is 8.15. The van der Waals surface area contributed by atoms with E-state index in [0.717, 1.165) is 39.7 Å². The first kappa shape index (κ1) is 16.0. The third-order valence-corrected chi connectivity index (χ3v) is 4.14. The van der Waals surface area contributed by atoms with Gasteiger partial charge in [-0.15, -0.1) is 0 Å². The number of halogens is 1. The molecule has 0 saturated carbocycles. The maximum absolute atomic E-state index is 13.3. The first-order chi connectivity index (χ1) is 12.7. The molecule has 0 amide bonds. The number of pyridine rings is 1. The Hall–Kier alpha value is -3.47. The van der Waals surface area contributed by atoms with Crippen molar-refractivity contribution in [1.82, 2.24) is 15.0 Å². The van der Waals surface area contributed by atoms with Crippen molar-refractivity contribution in [1.29, 1.82) is 0 Å². The highest BCUT2D eigenvalue weighted by atomic mass is 19.1. The standard InChI is InChI=1S/C21H16FN3O/c1-26-18-10-6-15(7-11-18)21-24-19(14-4-8-17(22)9-5-14)20(25-21)16-3-2-12-23-13-16/h2-13H,1H3,(H,24,25). The lowest BCUT2D eigenvalue weighted by Crippen LogP contribution is -1.85. The largest absolute Gasteiger partial charge is 0.497 e. The van der Waals surface area contributed by atoms with E-state index in [2.05, 4.69) is 9.97 Å². The van der Waals surface area contributed by atoms with E-state index < -0.39 is 0 Å². The Bertz CT molecular complexity index is 1010. The van der Waals surface area contributed by atoms with Crippen LogP contribution in [0.25, 0.3) is 33.9 Å². The van der Waals surface area contributed by atoms with E-state index in [1.54, 1.807) is 31.6 Å². The number of imidazole rings is 1. The minimum Gasteiger partial charge on any atom is -0.497 e. The predicted molar refractivity (Wildman–Crippen MR) is 99.2 cm³/mol. The third-order valence-electron chi connectivity index (χ3n) is 4.14. The number of H-pyrrole nitrogens is 1. The van der Waals surface area contributed by atoms with Gasteiger partial charge in [0.2, 0.25) is 0 Å². The lowest BCUT2D eigenvalue weighted by atomic mass is 10.1. The molecule has 0 unspecified atom stereocenters. The fraction of sp³-hybridized carbons (Fsp3) is 0.0476. The summed E-state index contributed by atoms with van der Waals surface area (Å²) < 4.78 is 18.5. The average Bonchev–Trinajstić information content (AvgIpc) is 3.15. The number of methoxy groups -OCH3 is 1. The van der Waals surface area contributed by atoms with Crippen LogP contribution in [-0.2, 0) is 0 Å². The lowest BCUT2D eigenvalue weighted by Gasteiger charge is -2.02. The summed E-state index contributed by atoms with van der Waals surface area (Å²) in [5.74, 6) is 1.24. The molecule has 4 rings (SSSR count). The highest BCUT2D eigenvalue weighted by Gasteiger charge is 2.15. The second-order valence-electron chi connectivity index (χ2n) is 5.79. The van der Waals surface area contributed by atoms with E-state index in [4.69, 9.17) is 9.72 Å². The van der Waals surface area contributed by atoms with Crippen LogP contribution >= 0.6 is 0 Å². The minimum absolute atomic E-state index is 0.272. The first-order valence-electron chi connectivity index (χ1n) is 8.15.